The average molecular weight is 532 g/mol. The van der Waals surface area contributed by atoms with Crippen LogP contribution in [-0.2, 0) is 21.2 Å². The molecule has 2 aromatic carbocycles. The molecule has 1 spiro atoms. The van der Waals surface area contributed by atoms with Crippen LogP contribution in [0.25, 0.3) is 10.8 Å². The van der Waals surface area contributed by atoms with Gasteiger partial charge in [0, 0.05) is 24.7 Å². The van der Waals surface area contributed by atoms with Gasteiger partial charge in [0.15, 0.2) is 0 Å². The lowest BCUT2D eigenvalue weighted by Crippen LogP contribution is -2.65. The van der Waals surface area contributed by atoms with E-state index < -0.39 is 21.7 Å². The Morgan fingerprint density at radius 2 is 2.03 bits per heavy atom. The number of sulfonamides is 1. The number of hydrogen-bond acceptors (Lipinski definition) is 7. The molecule has 36 heavy (non-hydrogen) atoms. The SMILES string of the molecule is COc1ccc(CCNc2ncc(S(=O)(=O)N3CCOC4(CCC4)C3CO)cc2Cl)c2ccccc12. The van der Waals surface area contributed by atoms with Gasteiger partial charge in [-0.05, 0) is 48.8 Å². The van der Waals surface area contributed by atoms with Crippen molar-refractivity contribution in [3.63, 3.8) is 0 Å². The highest BCUT2D eigenvalue weighted by Crippen LogP contribution is 2.44. The van der Waals surface area contributed by atoms with Crippen LogP contribution in [-0.4, -0.2) is 67.9 Å². The van der Waals surface area contributed by atoms with E-state index in [0.29, 0.717) is 19.0 Å². The first kappa shape index (κ1) is 25.2. The van der Waals surface area contributed by atoms with Gasteiger partial charge < -0.3 is 19.9 Å². The van der Waals surface area contributed by atoms with Gasteiger partial charge in [0.25, 0.3) is 0 Å². The number of nitrogens with zero attached hydrogens (tertiary/aromatic N) is 2. The zero-order valence-corrected chi connectivity index (χ0v) is 21.7. The van der Waals surface area contributed by atoms with Crippen molar-refractivity contribution in [2.45, 2.75) is 42.2 Å². The Balaban J connectivity index is 1.30. The maximum Gasteiger partial charge on any atom is 0.245 e. The van der Waals surface area contributed by atoms with Crippen LogP contribution in [0.15, 0.2) is 53.6 Å². The fraction of sp³-hybridized carbons (Fsp3) is 0.423. The molecule has 192 valence electrons. The van der Waals surface area contributed by atoms with E-state index in [2.05, 4.69) is 16.4 Å². The number of aromatic nitrogens is 1. The first-order valence-electron chi connectivity index (χ1n) is 12.1. The number of hydrogen-bond donors (Lipinski definition) is 2. The van der Waals surface area contributed by atoms with Crippen molar-refractivity contribution in [1.82, 2.24) is 9.29 Å². The summed E-state index contributed by atoms with van der Waals surface area (Å²) in [6, 6.07) is 12.9. The van der Waals surface area contributed by atoms with Crippen LogP contribution in [0.2, 0.25) is 5.02 Å². The molecule has 1 atom stereocenters. The standard InChI is InChI=1S/C26H30ClN3O5S/c1-34-23-8-7-18(20-5-2-3-6-21(20)23)9-12-28-25-22(27)15-19(16-29-25)36(32,33)30-13-14-35-26(10-4-11-26)24(30)17-31/h2-3,5-8,15-16,24,31H,4,9-14,17H2,1H3,(H,28,29). The van der Waals surface area contributed by atoms with Gasteiger partial charge in [0.2, 0.25) is 10.0 Å². The van der Waals surface area contributed by atoms with Crippen LogP contribution in [0, 0.1) is 0 Å². The second kappa shape index (κ2) is 10.1. The molecular weight excluding hydrogens is 502 g/mol. The number of pyridine rings is 1. The molecule has 1 unspecified atom stereocenters. The van der Waals surface area contributed by atoms with Crippen molar-refractivity contribution in [3.05, 3.63) is 59.2 Å². The molecule has 2 N–H and O–H groups in total. The smallest absolute Gasteiger partial charge is 0.245 e. The van der Waals surface area contributed by atoms with Gasteiger partial charge in [-0.25, -0.2) is 13.4 Å². The third kappa shape index (κ3) is 4.43. The van der Waals surface area contributed by atoms with Crippen LogP contribution in [0.5, 0.6) is 5.75 Å². The monoisotopic (exact) mass is 531 g/mol. The first-order valence-corrected chi connectivity index (χ1v) is 13.9. The minimum Gasteiger partial charge on any atom is -0.496 e. The molecule has 1 saturated carbocycles. The molecule has 1 aromatic heterocycles. The molecule has 0 amide bonds. The minimum absolute atomic E-state index is 0.00835. The van der Waals surface area contributed by atoms with Crippen LogP contribution in [0.1, 0.15) is 24.8 Å². The van der Waals surface area contributed by atoms with Gasteiger partial charge in [-0.1, -0.05) is 41.9 Å². The second-order valence-corrected chi connectivity index (χ2v) is 11.5. The number of nitrogens with one attached hydrogen (secondary N) is 1. The molecule has 2 heterocycles. The molecule has 2 fully saturated rings. The highest BCUT2D eigenvalue weighted by Gasteiger charge is 2.53. The van der Waals surface area contributed by atoms with Gasteiger partial charge in [-0.3, -0.25) is 0 Å². The molecule has 1 saturated heterocycles. The molecular formula is C26H30ClN3O5S. The number of methoxy groups -OCH3 is 1. The van der Waals surface area contributed by atoms with Crippen molar-refractivity contribution in [1.29, 1.82) is 0 Å². The predicted molar refractivity (Wildman–Crippen MR) is 139 cm³/mol. The number of rotatable bonds is 8. The number of halogens is 1. The normalized spacial score (nSPS) is 19.8. The number of fused-ring (bicyclic) bond motifs is 1. The predicted octanol–water partition coefficient (Wildman–Crippen LogP) is 3.86. The van der Waals surface area contributed by atoms with E-state index in [1.54, 1.807) is 7.11 Å². The summed E-state index contributed by atoms with van der Waals surface area (Å²) in [5.41, 5.74) is 0.561. The topological polar surface area (TPSA) is 101 Å². The van der Waals surface area contributed by atoms with Crippen molar-refractivity contribution < 1.29 is 23.0 Å². The number of benzene rings is 2. The number of anilines is 1. The van der Waals surface area contributed by atoms with Gasteiger partial charge in [0.1, 0.15) is 16.5 Å². The molecule has 1 aliphatic heterocycles. The van der Waals surface area contributed by atoms with Gasteiger partial charge in [-0.15, -0.1) is 0 Å². The van der Waals surface area contributed by atoms with E-state index in [4.69, 9.17) is 21.1 Å². The van der Waals surface area contributed by atoms with Gasteiger partial charge in [0.05, 0.1) is 37.0 Å². The molecule has 2 aliphatic rings. The Morgan fingerprint density at radius 3 is 2.69 bits per heavy atom. The lowest BCUT2D eigenvalue weighted by Gasteiger charge is -2.53. The summed E-state index contributed by atoms with van der Waals surface area (Å²) in [6.45, 7) is 0.757. The van der Waals surface area contributed by atoms with E-state index in [9.17, 15) is 13.5 Å². The van der Waals surface area contributed by atoms with E-state index in [-0.39, 0.29) is 23.1 Å². The Kier molecular flexibility index (Phi) is 7.11. The Labute approximate surface area is 216 Å². The molecule has 5 rings (SSSR count). The van der Waals surface area contributed by atoms with Crippen LogP contribution < -0.4 is 10.1 Å². The van der Waals surface area contributed by atoms with Gasteiger partial charge in [-0.2, -0.15) is 4.31 Å². The number of aliphatic hydroxyl groups excluding tert-OH is 1. The number of ether oxygens (including phenoxy) is 2. The largest absolute Gasteiger partial charge is 0.496 e. The first-order chi connectivity index (χ1) is 17.4. The van der Waals surface area contributed by atoms with E-state index in [0.717, 1.165) is 47.8 Å². The van der Waals surface area contributed by atoms with Crippen LogP contribution in [0.4, 0.5) is 5.82 Å². The lowest BCUT2D eigenvalue weighted by molar-refractivity contribution is -0.176. The molecule has 0 bridgehead atoms. The molecule has 1 aliphatic carbocycles. The van der Waals surface area contributed by atoms with Crippen LogP contribution >= 0.6 is 11.6 Å². The van der Waals surface area contributed by atoms with Crippen LogP contribution in [0.3, 0.4) is 0 Å². The van der Waals surface area contributed by atoms with Crippen molar-refractivity contribution in [3.8, 4) is 5.75 Å². The quantitative estimate of drug-likeness (QED) is 0.455. The fourth-order valence-electron chi connectivity index (χ4n) is 5.27. The fourth-order valence-corrected chi connectivity index (χ4v) is 7.20. The highest BCUT2D eigenvalue weighted by atomic mass is 35.5. The number of morpholine rings is 1. The molecule has 10 heteroatoms. The highest BCUT2D eigenvalue weighted by molar-refractivity contribution is 7.89. The van der Waals surface area contributed by atoms with E-state index in [1.165, 1.54) is 16.6 Å². The lowest BCUT2D eigenvalue weighted by atomic mass is 9.74. The summed E-state index contributed by atoms with van der Waals surface area (Å²) in [6.07, 6.45) is 4.50. The van der Waals surface area contributed by atoms with E-state index in [1.807, 2.05) is 30.3 Å². The van der Waals surface area contributed by atoms with E-state index >= 15 is 0 Å². The second-order valence-electron chi connectivity index (χ2n) is 9.23. The van der Waals surface area contributed by atoms with Crippen molar-refractivity contribution >= 4 is 38.2 Å². The Bertz CT molecular complexity index is 1360. The molecule has 8 nitrogen and oxygen atoms in total. The summed E-state index contributed by atoms with van der Waals surface area (Å²) in [5.74, 6) is 1.25. The average Bonchev–Trinajstić information content (AvgIpc) is 2.88. The summed E-state index contributed by atoms with van der Waals surface area (Å²) < 4.78 is 39.6. The third-order valence-electron chi connectivity index (χ3n) is 7.33. The zero-order chi connectivity index (χ0) is 25.3. The number of aliphatic hydroxyl groups is 1. The maximum absolute atomic E-state index is 13.5. The Hall–Kier alpha value is -2.43. The third-order valence-corrected chi connectivity index (χ3v) is 9.49. The summed E-state index contributed by atoms with van der Waals surface area (Å²) in [7, 11) is -2.24. The summed E-state index contributed by atoms with van der Waals surface area (Å²) >= 11 is 6.46. The Morgan fingerprint density at radius 1 is 1.25 bits per heavy atom. The maximum atomic E-state index is 13.5. The minimum atomic E-state index is -3.90. The summed E-state index contributed by atoms with van der Waals surface area (Å²) in [4.78, 5) is 4.33. The van der Waals surface area contributed by atoms with Gasteiger partial charge >= 0.3 is 0 Å². The zero-order valence-electron chi connectivity index (χ0n) is 20.1. The molecule has 3 aromatic rings. The van der Waals surface area contributed by atoms with Crippen molar-refractivity contribution in [2.75, 3.05) is 38.7 Å². The summed E-state index contributed by atoms with van der Waals surface area (Å²) in [5, 5.41) is 15.6. The molecule has 0 radical (unpaired) electrons. The van der Waals surface area contributed by atoms with Crippen molar-refractivity contribution in [2.24, 2.45) is 0 Å².